The molecule has 0 radical (unpaired) electrons. The van der Waals surface area contributed by atoms with Crippen LogP contribution in [0.3, 0.4) is 0 Å². The lowest BCUT2D eigenvalue weighted by atomic mass is 10.6. The predicted molar refractivity (Wildman–Crippen MR) is 52.1 cm³/mol. The van der Waals surface area contributed by atoms with E-state index in [0.717, 1.165) is 0 Å². The molecule has 0 aromatic carbocycles. The third-order valence-electron chi connectivity index (χ3n) is 0.739. The largest absolute Gasteiger partial charge is 0.472 e. The second-order valence-corrected chi connectivity index (χ2v) is 1.87. The average Bonchev–Trinajstić information content (AvgIpc) is 2.07. The van der Waals surface area contributed by atoms with Gasteiger partial charge in [-0.3, -0.25) is 0 Å². The van der Waals surface area contributed by atoms with Crippen LogP contribution >= 0.6 is 0 Å². The van der Waals surface area contributed by atoms with Crippen LogP contribution in [0.25, 0.3) is 0 Å². The van der Waals surface area contributed by atoms with Crippen molar-refractivity contribution in [2.24, 2.45) is 0 Å². The Balaban J connectivity index is 0. The number of hydrogen-bond acceptors (Lipinski definition) is 3. The summed E-state index contributed by atoms with van der Waals surface area (Å²) >= 11 is 0. The molecule has 72 valence electrons. The number of carbonyl (C=O) groups is 1. The second kappa shape index (κ2) is 13.1. The zero-order valence-electron chi connectivity index (χ0n) is 7.85. The van der Waals surface area contributed by atoms with Gasteiger partial charge in [0.25, 0.3) is 0 Å². The Morgan fingerprint density at radius 2 is 1.92 bits per heavy atom. The number of carboxylic acids is 1. The van der Waals surface area contributed by atoms with Crippen LogP contribution < -0.4 is 10.6 Å². The van der Waals surface area contributed by atoms with E-state index in [4.69, 9.17) is 11.5 Å². The van der Waals surface area contributed by atoms with Gasteiger partial charge in [0, 0.05) is 5.92 Å². The van der Waals surface area contributed by atoms with Crippen LogP contribution in [0, 0.1) is 24.2 Å². The van der Waals surface area contributed by atoms with E-state index >= 15 is 0 Å². The minimum atomic E-state index is -1.08. The molecule has 13 heavy (non-hydrogen) atoms. The molecule has 0 aliphatic rings. The van der Waals surface area contributed by atoms with Crippen molar-refractivity contribution in [2.75, 3.05) is 27.2 Å². The fourth-order valence-electron chi connectivity index (χ4n) is 0.310. The van der Waals surface area contributed by atoms with E-state index in [0.29, 0.717) is 13.1 Å². The maximum absolute atomic E-state index is 9.67. The number of carboxylic acid groups (broad SMARTS) is 1. The lowest BCUT2D eigenvalue weighted by Crippen LogP contribution is -2.05. The van der Waals surface area contributed by atoms with E-state index in [2.05, 4.69) is 22.5 Å². The Kier molecular flexibility index (Phi) is 14.2. The molecule has 0 unspecified atom stereocenters. The summed E-state index contributed by atoms with van der Waals surface area (Å²) < 4.78 is 0. The smallest absolute Gasteiger partial charge is 0.381 e. The second-order valence-electron chi connectivity index (χ2n) is 1.87. The standard InChI is InChI=1S/C5H7NO2.C4H7N/c1-6-4-2-3-5(7)8;1-3-4-5-2/h6H,4H2,1H3,(H,7,8);1,5H,4H2,2H3. The third-order valence-corrected chi connectivity index (χ3v) is 0.739. The summed E-state index contributed by atoms with van der Waals surface area (Å²) in [4.78, 5) is 9.67. The van der Waals surface area contributed by atoms with E-state index in [-0.39, 0.29) is 0 Å². The first kappa shape index (κ1) is 14.1. The molecule has 0 fully saturated rings. The molecule has 0 bridgehead atoms. The van der Waals surface area contributed by atoms with Crippen molar-refractivity contribution in [3.63, 3.8) is 0 Å². The van der Waals surface area contributed by atoms with Gasteiger partial charge in [0.15, 0.2) is 0 Å². The fraction of sp³-hybridized carbons (Fsp3) is 0.444. The summed E-state index contributed by atoms with van der Waals surface area (Å²) in [5.74, 6) is 5.65. The molecule has 0 aromatic rings. The number of terminal acetylenes is 1. The molecular weight excluding hydrogens is 168 g/mol. The maximum atomic E-state index is 9.67. The summed E-state index contributed by atoms with van der Waals surface area (Å²) in [6.07, 6.45) is 4.83. The van der Waals surface area contributed by atoms with Crippen LogP contribution in [-0.2, 0) is 4.79 Å². The Bertz CT molecular complexity index is 220. The van der Waals surface area contributed by atoms with Crippen molar-refractivity contribution in [1.82, 2.24) is 10.6 Å². The van der Waals surface area contributed by atoms with Gasteiger partial charge in [-0.15, -0.1) is 6.42 Å². The average molecular weight is 182 g/mol. The molecule has 0 atom stereocenters. The highest BCUT2D eigenvalue weighted by Crippen LogP contribution is 1.54. The van der Waals surface area contributed by atoms with E-state index in [1.54, 1.807) is 7.05 Å². The van der Waals surface area contributed by atoms with Gasteiger partial charge >= 0.3 is 5.97 Å². The van der Waals surface area contributed by atoms with Crippen LogP contribution in [0.5, 0.6) is 0 Å². The highest BCUT2D eigenvalue weighted by molar-refractivity contribution is 5.86. The minimum absolute atomic E-state index is 0.423. The molecule has 0 saturated heterocycles. The van der Waals surface area contributed by atoms with Crippen LogP contribution in [0.4, 0.5) is 0 Å². The van der Waals surface area contributed by atoms with Gasteiger partial charge in [0.2, 0.25) is 0 Å². The quantitative estimate of drug-likeness (QED) is 0.486. The molecular formula is C9H14N2O2. The number of rotatable bonds is 2. The highest BCUT2D eigenvalue weighted by atomic mass is 16.4. The van der Waals surface area contributed by atoms with Gasteiger partial charge in [-0.1, -0.05) is 11.8 Å². The molecule has 0 amide bonds. The van der Waals surface area contributed by atoms with Gasteiger partial charge in [0.05, 0.1) is 13.1 Å². The summed E-state index contributed by atoms with van der Waals surface area (Å²) in [6.45, 7) is 1.09. The van der Waals surface area contributed by atoms with E-state index in [9.17, 15) is 4.79 Å². The number of aliphatic carboxylic acids is 1. The Labute approximate surface area is 78.7 Å². The zero-order valence-corrected chi connectivity index (χ0v) is 7.85. The van der Waals surface area contributed by atoms with Crippen molar-refractivity contribution >= 4 is 5.97 Å². The SMILES string of the molecule is C#CCNC.CNCC#CC(=O)O. The molecule has 0 saturated carbocycles. The van der Waals surface area contributed by atoms with Crippen molar-refractivity contribution in [2.45, 2.75) is 0 Å². The Morgan fingerprint density at radius 3 is 2.15 bits per heavy atom. The molecule has 0 rings (SSSR count). The fourth-order valence-corrected chi connectivity index (χ4v) is 0.310. The molecule has 0 aromatic heterocycles. The minimum Gasteiger partial charge on any atom is -0.472 e. The van der Waals surface area contributed by atoms with Crippen molar-refractivity contribution in [3.05, 3.63) is 0 Å². The normalized spacial score (nSPS) is 6.85. The number of hydrogen-bond donors (Lipinski definition) is 3. The lowest BCUT2D eigenvalue weighted by molar-refractivity contribution is -0.130. The van der Waals surface area contributed by atoms with Crippen molar-refractivity contribution in [1.29, 1.82) is 0 Å². The molecule has 0 aliphatic heterocycles. The van der Waals surface area contributed by atoms with Crippen molar-refractivity contribution in [3.8, 4) is 24.2 Å². The van der Waals surface area contributed by atoms with E-state index in [1.165, 1.54) is 0 Å². The summed E-state index contributed by atoms with van der Waals surface area (Å²) in [5.41, 5.74) is 0. The molecule has 0 aliphatic carbocycles. The summed E-state index contributed by atoms with van der Waals surface area (Å²) in [7, 11) is 3.52. The lowest BCUT2D eigenvalue weighted by Gasteiger charge is -1.79. The third kappa shape index (κ3) is 25.1. The molecule has 3 N–H and O–H groups in total. The highest BCUT2D eigenvalue weighted by Gasteiger charge is 1.79. The predicted octanol–water partition coefficient (Wildman–Crippen LogP) is -0.867. The van der Waals surface area contributed by atoms with Gasteiger partial charge in [-0.25, -0.2) is 4.79 Å². The van der Waals surface area contributed by atoms with Crippen LogP contribution in [-0.4, -0.2) is 38.3 Å². The van der Waals surface area contributed by atoms with Gasteiger partial charge in [-0.2, -0.15) is 0 Å². The van der Waals surface area contributed by atoms with Crippen LogP contribution in [0.2, 0.25) is 0 Å². The maximum Gasteiger partial charge on any atom is 0.381 e. The van der Waals surface area contributed by atoms with E-state index < -0.39 is 5.97 Å². The van der Waals surface area contributed by atoms with Crippen molar-refractivity contribution < 1.29 is 9.90 Å². The van der Waals surface area contributed by atoms with Gasteiger partial charge < -0.3 is 15.7 Å². The monoisotopic (exact) mass is 182 g/mol. The Morgan fingerprint density at radius 1 is 1.38 bits per heavy atom. The van der Waals surface area contributed by atoms with E-state index in [1.807, 2.05) is 13.0 Å². The number of nitrogens with one attached hydrogen (secondary N) is 2. The molecule has 4 heteroatoms. The Hall–Kier alpha value is -1.49. The first-order chi connectivity index (χ1) is 6.18. The molecule has 0 spiro atoms. The first-order valence-corrected chi connectivity index (χ1v) is 3.63. The molecule has 4 nitrogen and oxygen atoms in total. The van der Waals surface area contributed by atoms with Crippen LogP contribution in [0.15, 0.2) is 0 Å². The summed E-state index contributed by atoms with van der Waals surface area (Å²) in [6, 6.07) is 0. The first-order valence-electron chi connectivity index (χ1n) is 3.63. The van der Waals surface area contributed by atoms with Crippen LogP contribution in [0.1, 0.15) is 0 Å². The van der Waals surface area contributed by atoms with Gasteiger partial charge in [-0.05, 0) is 14.1 Å². The molecule has 0 heterocycles. The summed E-state index contributed by atoms with van der Waals surface area (Å²) in [5, 5.41) is 13.4. The zero-order chi connectivity index (χ0) is 10.5. The topological polar surface area (TPSA) is 61.4 Å². The van der Waals surface area contributed by atoms with Gasteiger partial charge in [0.1, 0.15) is 0 Å².